The number of urea groups is 1. The van der Waals surface area contributed by atoms with Gasteiger partial charge < -0.3 is 10.1 Å². The van der Waals surface area contributed by atoms with Gasteiger partial charge in [-0.3, -0.25) is 5.32 Å². The van der Waals surface area contributed by atoms with Crippen molar-refractivity contribution in [3.05, 3.63) is 47.7 Å². The number of amides is 2. The number of rotatable bonds is 6. The van der Waals surface area contributed by atoms with E-state index >= 15 is 0 Å². The molecule has 0 saturated carbocycles. The summed E-state index contributed by atoms with van der Waals surface area (Å²) in [7, 11) is 0. The van der Waals surface area contributed by atoms with Crippen molar-refractivity contribution >= 4 is 11.8 Å². The first-order valence-corrected chi connectivity index (χ1v) is 8.89. The molecule has 1 atom stereocenters. The third-order valence-corrected chi connectivity index (χ3v) is 4.45. The first kappa shape index (κ1) is 17.5. The van der Waals surface area contributed by atoms with Gasteiger partial charge in [0, 0.05) is 19.2 Å². The van der Waals surface area contributed by atoms with Crippen LogP contribution < -0.4 is 10.6 Å². The predicted octanol–water partition coefficient (Wildman–Crippen LogP) is 3.36. The fourth-order valence-corrected chi connectivity index (χ4v) is 2.92. The highest BCUT2D eigenvalue weighted by atomic mass is 16.5. The molecule has 0 unspecified atom stereocenters. The lowest BCUT2D eigenvalue weighted by molar-refractivity contribution is 0.112. The van der Waals surface area contributed by atoms with Gasteiger partial charge >= 0.3 is 6.03 Å². The van der Waals surface area contributed by atoms with Gasteiger partial charge in [-0.2, -0.15) is 5.10 Å². The first-order chi connectivity index (χ1) is 12.1. The average Bonchev–Trinajstić information content (AvgIpc) is 3.26. The first-order valence-electron chi connectivity index (χ1n) is 8.89. The summed E-state index contributed by atoms with van der Waals surface area (Å²) in [6.45, 7) is 6.30. The molecule has 6 heteroatoms. The largest absolute Gasteiger partial charge is 0.376 e. The second-order valence-corrected chi connectivity index (χ2v) is 6.74. The van der Waals surface area contributed by atoms with Gasteiger partial charge in [0.1, 0.15) is 5.82 Å². The number of carbonyl (C=O) groups is 1. The third-order valence-electron chi connectivity index (χ3n) is 4.45. The number of anilines is 1. The van der Waals surface area contributed by atoms with Crippen molar-refractivity contribution in [1.29, 1.82) is 0 Å². The van der Waals surface area contributed by atoms with Gasteiger partial charge in [0.15, 0.2) is 0 Å². The highest BCUT2D eigenvalue weighted by Crippen LogP contribution is 2.16. The van der Waals surface area contributed by atoms with Gasteiger partial charge in [-0.15, -0.1) is 0 Å². The van der Waals surface area contributed by atoms with Gasteiger partial charge in [0.2, 0.25) is 0 Å². The number of carbonyl (C=O) groups excluding carboxylic acids is 1. The fraction of sp³-hybridized carbons (Fsp3) is 0.474. The molecule has 134 valence electrons. The molecule has 25 heavy (non-hydrogen) atoms. The maximum atomic E-state index is 12.1. The van der Waals surface area contributed by atoms with E-state index in [9.17, 15) is 4.79 Å². The number of hydrogen-bond acceptors (Lipinski definition) is 3. The van der Waals surface area contributed by atoms with Crippen LogP contribution in [0.4, 0.5) is 10.6 Å². The van der Waals surface area contributed by atoms with Crippen molar-refractivity contribution in [3.63, 3.8) is 0 Å². The summed E-state index contributed by atoms with van der Waals surface area (Å²) >= 11 is 0. The Bertz CT molecular complexity index is 688. The van der Waals surface area contributed by atoms with E-state index in [1.807, 2.05) is 0 Å². The molecule has 1 aliphatic rings. The molecule has 0 aliphatic carbocycles. The lowest BCUT2D eigenvalue weighted by Crippen LogP contribution is -2.35. The van der Waals surface area contributed by atoms with E-state index in [4.69, 9.17) is 4.74 Å². The summed E-state index contributed by atoms with van der Waals surface area (Å²) in [4.78, 5) is 12.1. The zero-order chi connectivity index (χ0) is 17.6. The highest BCUT2D eigenvalue weighted by Gasteiger charge is 2.16. The predicted molar refractivity (Wildman–Crippen MR) is 97.9 cm³/mol. The van der Waals surface area contributed by atoms with E-state index in [2.05, 4.69) is 53.8 Å². The second-order valence-electron chi connectivity index (χ2n) is 6.74. The van der Waals surface area contributed by atoms with Crippen LogP contribution in [0.25, 0.3) is 0 Å². The minimum absolute atomic E-state index is 0.134. The van der Waals surface area contributed by atoms with Crippen LogP contribution in [0.3, 0.4) is 0 Å². The van der Waals surface area contributed by atoms with Gasteiger partial charge in [-0.25, -0.2) is 9.48 Å². The molecule has 1 fully saturated rings. The molecule has 3 rings (SSSR count). The van der Waals surface area contributed by atoms with Crippen LogP contribution in [0.15, 0.2) is 36.5 Å². The molecular weight excluding hydrogens is 316 g/mol. The molecule has 2 N–H and O–H groups in total. The summed E-state index contributed by atoms with van der Waals surface area (Å²) in [5, 5.41) is 10.0. The molecule has 6 nitrogen and oxygen atoms in total. The summed E-state index contributed by atoms with van der Waals surface area (Å²) in [5.41, 5.74) is 2.46. The molecule has 2 aromatic rings. The van der Waals surface area contributed by atoms with Crippen LogP contribution in [-0.2, 0) is 11.3 Å². The van der Waals surface area contributed by atoms with Crippen LogP contribution in [-0.4, -0.2) is 35.1 Å². The van der Waals surface area contributed by atoms with Crippen molar-refractivity contribution in [2.75, 3.05) is 18.5 Å². The SMILES string of the molecule is CC(C)c1ccc(Cn2nccc2NC(=O)NC[C@H]2CCCO2)cc1. The van der Waals surface area contributed by atoms with Crippen LogP contribution in [0.2, 0.25) is 0 Å². The van der Waals surface area contributed by atoms with Crippen molar-refractivity contribution in [2.45, 2.75) is 45.3 Å². The Hall–Kier alpha value is -2.34. The maximum Gasteiger partial charge on any atom is 0.320 e. The average molecular weight is 342 g/mol. The van der Waals surface area contributed by atoms with Gasteiger partial charge in [0.05, 0.1) is 18.8 Å². The molecule has 2 heterocycles. The quantitative estimate of drug-likeness (QED) is 0.846. The van der Waals surface area contributed by atoms with Crippen LogP contribution in [0, 0.1) is 0 Å². The molecular formula is C19H26N4O2. The van der Waals surface area contributed by atoms with Crippen LogP contribution >= 0.6 is 0 Å². The Labute approximate surface area is 148 Å². The van der Waals surface area contributed by atoms with E-state index in [1.54, 1.807) is 16.9 Å². The van der Waals surface area contributed by atoms with Crippen LogP contribution in [0.5, 0.6) is 0 Å². The zero-order valence-electron chi connectivity index (χ0n) is 14.9. The minimum Gasteiger partial charge on any atom is -0.376 e. The molecule has 1 aromatic carbocycles. The normalized spacial score (nSPS) is 17.0. The van der Waals surface area contributed by atoms with E-state index in [0.29, 0.717) is 24.8 Å². The van der Waals surface area contributed by atoms with Crippen LogP contribution in [0.1, 0.15) is 43.7 Å². The van der Waals surface area contributed by atoms with E-state index in [-0.39, 0.29) is 12.1 Å². The smallest absolute Gasteiger partial charge is 0.320 e. The van der Waals surface area contributed by atoms with Gasteiger partial charge in [-0.05, 0) is 29.9 Å². The number of benzene rings is 1. The van der Waals surface area contributed by atoms with Gasteiger partial charge in [-0.1, -0.05) is 38.1 Å². The van der Waals surface area contributed by atoms with Crippen molar-refractivity contribution in [1.82, 2.24) is 15.1 Å². The Morgan fingerprint density at radius 2 is 2.12 bits per heavy atom. The minimum atomic E-state index is -0.229. The molecule has 1 saturated heterocycles. The lowest BCUT2D eigenvalue weighted by Gasteiger charge is -2.13. The molecule has 0 spiro atoms. The zero-order valence-corrected chi connectivity index (χ0v) is 14.9. The standard InChI is InChI=1S/C19H26N4O2/c1-14(2)16-7-5-15(6-8-16)13-23-18(9-10-21-23)22-19(24)20-12-17-4-3-11-25-17/h5-10,14,17H,3-4,11-13H2,1-2H3,(H2,20,22,24)/t17-/m1/s1. The number of aromatic nitrogens is 2. The van der Waals surface area contributed by atoms with E-state index in [0.717, 1.165) is 25.0 Å². The maximum absolute atomic E-state index is 12.1. The number of ether oxygens (including phenoxy) is 1. The third kappa shape index (κ3) is 4.82. The van der Waals surface area contributed by atoms with E-state index in [1.165, 1.54) is 5.56 Å². The number of nitrogens with one attached hydrogen (secondary N) is 2. The summed E-state index contributed by atoms with van der Waals surface area (Å²) in [6.07, 6.45) is 3.90. The topological polar surface area (TPSA) is 68.2 Å². The Balaban J connectivity index is 1.55. The highest BCUT2D eigenvalue weighted by molar-refractivity contribution is 5.88. The molecule has 0 bridgehead atoms. The summed E-state index contributed by atoms with van der Waals surface area (Å²) in [5.74, 6) is 1.20. The Morgan fingerprint density at radius 1 is 1.32 bits per heavy atom. The second kappa shape index (κ2) is 8.16. The Kier molecular flexibility index (Phi) is 5.71. The number of nitrogens with zero attached hydrogens (tertiary/aromatic N) is 2. The number of hydrogen-bond donors (Lipinski definition) is 2. The fourth-order valence-electron chi connectivity index (χ4n) is 2.92. The van der Waals surface area contributed by atoms with Crippen molar-refractivity contribution in [3.8, 4) is 0 Å². The van der Waals surface area contributed by atoms with Crippen molar-refractivity contribution in [2.24, 2.45) is 0 Å². The lowest BCUT2D eigenvalue weighted by atomic mass is 10.0. The monoisotopic (exact) mass is 342 g/mol. The van der Waals surface area contributed by atoms with E-state index < -0.39 is 0 Å². The molecule has 2 amide bonds. The molecule has 0 radical (unpaired) electrons. The molecule has 1 aromatic heterocycles. The summed E-state index contributed by atoms with van der Waals surface area (Å²) in [6, 6.07) is 10.1. The summed E-state index contributed by atoms with van der Waals surface area (Å²) < 4.78 is 7.30. The van der Waals surface area contributed by atoms with Crippen molar-refractivity contribution < 1.29 is 9.53 Å². The van der Waals surface area contributed by atoms with Gasteiger partial charge in [0.25, 0.3) is 0 Å². The molecule has 1 aliphatic heterocycles. The Morgan fingerprint density at radius 3 is 2.80 bits per heavy atom.